The van der Waals surface area contributed by atoms with Crippen LogP contribution in [-0.2, 0) is 4.79 Å². The average molecular weight is 486 g/mol. The molecular formula is C26H29ClFN3O3. The van der Waals surface area contributed by atoms with Crippen LogP contribution < -0.4 is 5.32 Å². The SMILES string of the molecule is O=C(N[C@H](C(=O)N1CCCCC1)C1CCN(C(=O)c2ccc(F)cc2)CC1)c1ccccc1Cl. The molecule has 0 aromatic heterocycles. The average Bonchev–Trinajstić information content (AvgIpc) is 2.88. The lowest BCUT2D eigenvalue weighted by Crippen LogP contribution is -2.55. The second-order valence-electron chi connectivity index (χ2n) is 8.95. The molecule has 2 heterocycles. The van der Waals surface area contributed by atoms with Gasteiger partial charge in [0.05, 0.1) is 10.6 Å². The van der Waals surface area contributed by atoms with E-state index in [9.17, 15) is 18.8 Å². The third kappa shape index (κ3) is 5.58. The summed E-state index contributed by atoms with van der Waals surface area (Å²) < 4.78 is 13.2. The van der Waals surface area contributed by atoms with Crippen LogP contribution >= 0.6 is 11.6 Å². The van der Waals surface area contributed by atoms with Gasteiger partial charge in [-0.15, -0.1) is 0 Å². The van der Waals surface area contributed by atoms with E-state index in [-0.39, 0.29) is 29.5 Å². The highest BCUT2D eigenvalue weighted by atomic mass is 35.5. The molecule has 0 aliphatic carbocycles. The number of hydrogen-bond acceptors (Lipinski definition) is 3. The molecule has 2 aromatic carbocycles. The number of carbonyl (C=O) groups excluding carboxylic acids is 3. The molecule has 2 aliphatic heterocycles. The number of rotatable bonds is 5. The van der Waals surface area contributed by atoms with Gasteiger partial charge in [-0.1, -0.05) is 23.7 Å². The fraction of sp³-hybridized carbons (Fsp3) is 0.423. The molecule has 2 aromatic rings. The third-order valence-corrected chi connectivity index (χ3v) is 7.06. The smallest absolute Gasteiger partial charge is 0.253 e. The Balaban J connectivity index is 1.47. The summed E-state index contributed by atoms with van der Waals surface area (Å²) in [5, 5.41) is 3.30. The molecule has 0 bridgehead atoms. The topological polar surface area (TPSA) is 69.7 Å². The summed E-state index contributed by atoms with van der Waals surface area (Å²) in [5.74, 6) is -1.08. The second kappa shape index (κ2) is 11.0. The molecule has 34 heavy (non-hydrogen) atoms. The van der Waals surface area contributed by atoms with Crippen molar-refractivity contribution in [1.82, 2.24) is 15.1 Å². The van der Waals surface area contributed by atoms with Crippen LogP contribution in [0.25, 0.3) is 0 Å². The van der Waals surface area contributed by atoms with Crippen LogP contribution in [0.1, 0.15) is 52.8 Å². The lowest BCUT2D eigenvalue weighted by Gasteiger charge is -2.38. The first-order valence-corrected chi connectivity index (χ1v) is 12.2. The van der Waals surface area contributed by atoms with E-state index in [1.807, 2.05) is 4.90 Å². The van der Waals surface area contributed by atoms with Gasteiger partial charge in [0, 0.05) is 31.7 Å². The predicted octanol–water partition coefficient (Wildman–Crippen LogP) is 4.14. The first kappa shape index (κ1) is 24.2. The summed E-state index contributed by atoms with van der Waals surface area (Å²) in [5.41, 5.74) is 0.775. The normalized spacial score (nSPS) is 17.8. The molecular weight excluding hydrogens is 457 g/mol. The Hall–Kier alpha value is -2.93. The summed E-state index contributed by atoms with van der Waals surface area (Å²) in [7, 11) is 0. The molecule has 0 saturated carbocycles. The molecule has 6 nitrogen and oxygen atoms in total. The van der Waals surface area contributed by atoms with Crippen molar-refractivity contribution in [2.24, 2.45) is 5.92 Å². The third-order valence-electron chi connectivity index (χ3n) is 6.73. The number of amides is 3. The van der Waals surface area contributed by atoms with Crippen LogP contribution in [0.3, 0.4) is 0 Å². The van der Waals surface area contributed by atoms with Gasteiger partial charge in [-0.2, -0.15) is 0 Å². The van der Waals surface area contributed by atoms with Crippen molar-refractivity contribution in [3.05, 3.63) is 70.5 Å². The zero-order chi connectivity index (χ0) is 24.1. The van der Waals surface area contributed by atoms with Crippen LogP contribution in [0, 0.1) is 11.7 Å². The Morgan fingerprint density at radius 2 is 1.53 bits per heavy atom. The van der Waals surface area contributed by atoms with E-state index < -0.39 is 6.04 Å². The van der Waals surface area contributed by atoms with Gasteiger partial charge in [-0.25, -0.2) is 4.39 Å². The van der Waals surface area contributed by atoms with E-state index in [0.29, 0.717) is 55.2 Å². The number of hydrogen-bond donors (Lipinski definition) is 1. The first-order chi connectivity index (χ1) is 16.4. The lowest BCUT2D eigenvalue weighted by atomic mass is 9.87. The fourth-order valence-corrected chi connectivity index (χ4v) is 4.99. The highest BCUT2D eigenvalue weighted by Gasteiger charge is 2.36. The maximum absolute atomic E-state index is 13.5. The van der Waals surface area contributed by atoms with Gasteiger partial charge in [0.25, 0.3) is 11.8 Å². The van der Waals surface area contributed by atoms with E-state index in [1.165, 1.54) is 24.3 Å². The van der Waals surface area contributed by atoms with Gasteiger partial charge in [0.15, 0.2) is 0 Å². The molecule has 2 saturated heterocycles. The summed E-state index contributed by atoms with van der Waals surface area (Å²) in [6, 6.07) is 11.6. The summed E-state index contributed by atoms with van der Waals surface area (Å²) in [4.78, 5) is 42.9. The highest BCUT2D eigenvalue weighted by Crippen LogP contribution is 2.25. The zero-order valence-electron chi connectivity index (χ0n) is 19.0. The standard InChI is InChI=1S/C26H29ClFN3O3/c27-22-7-3-2-6-21(22)24(32)29-23(26(34)30-14-4-1-5-15-30)18-12-16-31(17-13-18)25(33)19-8-10-20(28)11-9-19/h2-3,6-11,18,23H,1,4-5,12-17H2,(H,29,32)/t23-/m0/s1. The summed E-state index contributed by atoms with van der Waals surface area (Å²) >= 11 is 6.21. The van der Waals surface area contributed by atoms with Gasteiger partial charge < -0.3 is 15.1 Å². The van der Waals surface area contributed by atoms with Crippen LogP contribution in [-0.4, -0.2) is 59.7 Å². The minimum Gasteiger partial charge on any atom is -0.341 e. The summed E-state index contributed by atoms with van der Waals surface area (Å²) in [6.07, 6.45) is 4.19. The molecule has 180 valence electrons. The van der Waals surface area contributed by atoms with Crippen molar-refractivity contribution in [3.8, 4) is 0 Å². The molecule has 2 aliphatic rings. The van der Waals surface area contributed by atoms with Gasteiger partial charge in [0.1, 0.15) is 11.9 Å². The quantitative estimate of drug-likeness (QED) is 0.692. The number of halogens is 2. The minimum absolute atomic E-state index is 0.0663. The second-order valence-corrected chi connectivity index (χ2v) is 9.36. The molecule has 2 fully saturated rings. The van der Waals surface area contributed by atoms with E-state index in [2.05, 4.69) is 5.32 Å². The molecule has 0 radical (unpaired) electrons. The Morgan fingerprint density at radius 3 is 2.18 bits per heavy atom. The van der Waals surface area contributed by atoms with E-state index >= 15 is 0 Å². The van der Waals surface area contributed by atoms with Gasteiger partial charge in [0.2, 0.25) is 5.91 Å². The molecule has 1 N–H and O–H groups in total. The largest absolute Gasteiger partial charge is 0.341 e. The fourth-order valence-electron chi connectivity index (χ4n) is 4.77. The van der Waals surface area contributed by atoms with E-state index in [0.717, 1.165) is 19.3 Å². The minimum atomic E-state index is -0.676. The lowest BCUT2D eigenvalue weighted by molar-refractivity contribution is -0.136. The molecule has 0 unspecified atom stereocenters. The van der Waals surface area contributed by atoms with Crippen LogP contribution in [0.5, 0.6) is 0 Å². The Morgan fingerprint density at radius 1 is 0.882 bits per heavy atom. The maximum Gasteiger partial charge on any atom is 0.253 e. The van der Waals surface area contributed by atoms with Gasteiger partial charge >= 0.3 is 0 Å². The number of nitrogens with zero attached hydrogens (tertiary/aromatic N) is 2. The first-order valence-electron chi connectivity index (χ1n) is 11.8. The summed E-state index contributed by atoms with van der Waals surface area (Å²) in [6.45, 7) is 2.32. The van der Waals surface area contributed by atoms with Crippen LogP contribution in [0.4, 0.5) is 4.39 Å². The van der Waals surface area contributed by atoms with Crippen molar-refractivity contribution < 1.29 is 18.8 Å². The van der Waals surface area contributed by atoms with Crippen molar-refractivity contribution in [1.29, 1.82) is 0 Å². The van der Waals surface area contributed by atoms with Crippen molar-refractivity contribution in [2.45, 2.75) is 38.1 Å². The van der Waals surface area contributed by atoms with Crippen molar-refractivity contribution >= 4 is 29.3 Å². The number of likely N-dealkylation sites (tertiary alicyclic amines) is 2. The Kier molecular flexibility index (Phi) is 7.83. The molecule has 4 rings (SSSR count). The Bertz CT molecular complexity index is 1030. The van der Waals surface area contributed by atoms with Crippen molar-refractivity contribution in [3.63, 3.8) is 0 Å². The number of benzene rings is 2. The number of carbonyl (C=O) groups is 3. The van der Waals surface area contributed by atoms with Crippen LogP contribution in [0.15, 0.2) is 48.5 Å². The monoisotopic (exact) mass is 485 g/mol. The zero-order valence-corrected chi connectivity index (χ0v) is 19.8. The molecule has 3 amide bonds. The Labute approximate surface area is 204 Å². The van der Waals surface area contributed by atoms with E-state index in [4.69, 9.17) is 11.6 Å². The number of piperidine rings is 2. The maximum atomic E-state index is 13.5. The van der Waals surface area contributed by atoms with E-state index in [1.54, 1.807) is 29.2 Å². The molecule has 0 spiro atoms. The highest BCUT2D eigenvalue weighted by molar-refractivity contribution is 6.33. The van der Waals surface area contributed by atoms with Gasteiger partial charge in [-0.05, 0) is 74.4 Å². The van der Waals surface area contributed by atoms with Gasteiger partial charge in [-0.3, -0.25) is 14.4 Å². The molecule has 8 heteroatoms. The number of nitrogens with one attached hydrogen (secondary N) is 1. The predicted molar refractivity (Wildman–Crippen MR) is 128 cm³/mol. The van der Waals surface area contributed by atoms with Crippen LogP contribution in [0.2, 0.25) is 5.02 Å². The van der Waals surface area contributed by atoms with Crippen molar-refractivity contribution in [2.75, 3.05) is 26.2 Å². The molecule has 1 atom stereocenters.